The predicted octanol–water partition coefficient (Wildman–Crippen LogP) is 0.491. The van der Waals surface area contributed by atoms with Gasteiger partial charge in [0.25, 0.3) is 0 Å². The third-order valence-electron chi connectivity index (χ3n) is 3.12. The quantitative estimate of drug-likeness (QED) is 0.804. The van der Waals surface area contributed by atoms with E-state index in [2.05, 4.69) is 37.7 Å². The molecule has 0 aliphatic carbocycles. The van der Waals surface area contributed by atoms with Crippen molar-refractivity contribution in [3.63, 3.8) is 0 Å². The van der Waals surface area contributed by atoms with Crippen LogP contribution in [0, 0.1) is 0 Å². The number of hydrazine groups is 1. The SMILES string of the molecule is CCNc1ncnc(NN2CCN(C)CC2)c1OC. The van der Waals surface area contributed by atoms with E-state index in [1.807, 2.05) is 6.92 Å². The fourth-order valence-corrected chi connectivity index (χ4v) is 2.01. The number of hydrogen-bond donors (Lipinski definition) is 2. The van der Waals surface area contributed by atoms with Crippen LogP contribution < -0.4 is 15.5 Å². The van der Waals surface area contributed by atoms with Crippen LogP contribution in [-0.4, -0.2) is 66.8 Å². The summed E-state index contributed by atoms with van der Waals surface area (Å²) >= 11 is 0. The summed E-state index contributed by atoms with van der Waals surface area (Å²) in [7, 11) is 3.76. The van der Waals surface area contributed by atoms with E-state index in [9.17, 15) is 0 Å². The summed E-state index contributed by atoms with van der Waals surface area (Å²) in [6.07, 6.45) is 1.54. The molecule has 1 aliphatic rings. The summed E-state index contributed by atoms with van der Waals surface area (Å²) < 4.78 is 5.40. The summed E-state index contributed by atoms with van der Waals surface area (Å²) in [5, 5.41) is 5.32. The van der Waals surface area contributed by atoms with Crippen LogP contribution in [0.2, 0.25) is 0 Å². The second-order valence-electron chi connectivity index (χ2n) is 4.54. The first-order valence-corrected chi connectivity index (χ1v) is 6.57. The average Bonchev–Trinajstić information content (AvgIpc) is 2.42. The molecule has 2 rings (SSSR count). The second kappa shape index (κ2) is 6.53. The molecule has 7 heteroatoms. The lowest BCUT2D eigenvalue weighted by atomic mass is 10.4. The van der Waals surface area contributed by atoms with Crippen molar-refractivity contribution in [2.24, 2.45) is 0 Å². The van der Waals surface area contributed by atoms with Gasteiger partial charge in [-0.1, -0.05) is 0 Å². The number of aromatic nitrogens is 2. The van der Waals surface area contributed by atoms with Gasteiger partial charge in [-0.3, -0.25) is 5.43 Å². The third kappa shape index (κ3) is 3.45. The molecule has 0 radical (unpaired) electrons. The lowest BCUT2D eigenvalue weighted by Crippen LogP contribution is -2.47. The first-order chi connectivity index (χ1) is 9.24. The Balaban J connectivity index is 2.08. The van der Waals surface area contributed by atoms with Gasteiger partial charge in [0, 0.05) is 32.7 Å². The fourth-order valence-electron chi connectivity index (χ4n) is 2.01. The van der Waals surface area contributed by atoms with Crippen LogP contribution in [0.4, 0.5) is 11.6 Å². The zero-order chi connectivity index (χ0) is 13.7. The Hall–Kier alpha value is -1.60. The van der Waals surface area contributed by atoms with Gasteiger partial charge in [0.15, 0.2) is 11.6 Å². The second-order valence-corrected chi connectivity index (χ2v) is 4.54. The van der Waals surface area contributed by atoms with Crippen molar-refractivity contribution in [2.45, 2.75) is 6.92 Å². The van der Waals surface area contributed by atoms with E-state index >= 15 is 0 Å². The van der Waals surface area contributed by atoms with Crippen LogP contribution >= 0.6 is 0 Å². The normalized spacial score (nSPS) is 17.2. The van der Waals surface area contributed by atoms with E-state index in [1.165, 1.54) is 0 Å². The van der Waals surface area contributed by atoms with Gasteiger partial charge in [0.05, 0.1) is 7.11 Å². The third-order valence-corrected chi connectivity index (χ3v) is 3.12. The van der Waals surface area contributed by atoms with Gasteiger partial charge in [-0.05, 0) is 14.0 Å². The Morgan fingerprint density at radius 3 is 2.53 bits per heavy atom. The first kappa shape index (κ1) is 13.8. The van der Waals surface area contributed by atoms with Gasteiger partial charge in [0.2, 0.25) is 5.75 Å². The molecular weight excluding hydrogens is 244 g/mol. The van der Waals surface area contributed by atoms with E-state index in [1.54, 1.807) is 13.4 Å². The van der Waals surface area contributed by atoms with Crippen molar-refractivity contribution < 1.29 is 4.74 Å². The number of nitrogens with zero attached hydrogens (tertiary/aromatic N) is 4. The number of anilines is 2. The van der Waals surface area contributed by atoms with Gasteiger partial charge in [-0.15, -0.1) is 0 Å². The zero-order valence-electron chi connectivity index (χ0n) is 11.8. The van der Waals surface area contributed by atoms with Crippen LogP contribution in [0.3, 0.4) is 0 Å². The Morgan fingerprint density at radius 2 is 1.89 bits per heavy atom. The topological polar surface area (TPSA) is 65.6 Å². The molecule has 0 bridgehead atoms. The minimum absolute atomic E-state index is 0.656. The number of piperazine rings is 1. The summed E-state index contributed by atoms with van der Waals surface area (Å²) in [5.74, 6) is 2.08. The molecule has 1 aliphatic heterocycles. The maximum Gasteiger partial charge on any atom is 0.205 e. The zero-order valence-corrected chi connectivity index (χ0v) is 11.8. The summed E-state index contributed by atoms with van der Waals surface area (Å²) in [5.41, 5.74) is 3.31. The van der Waals surface area contributed by atoms with Crippen molar-refractivity contribution in [3.05, 3.63) is 6.33 Å². The van der Waals surface area contributed by atoms with Crippen LogP contribution in [0.1, 0.15) is 6.92 Å². The van der Waals surface area contributed by atoms with Crippen molar-refractivity contribution >= 4 is 11.6 Å². The van der Waals surface area contributed by atoms with E-state index in [0.29, 0.717) is 11.6 Å². The lowest BCUT2D eigenvalue weighted by Gasteiger charge is -2.33. The average molecular weight is 266 g/mol. The maximum atomic E-state index is 5.40. The molecule has 1 fully saturated rings. The van der Waals surface area contributed by atoms with Gasteiger partial charge >= 0.3 is 0 Å². The first-order valence-electron chi connectivity index (χ1n) is 6.57. The largest absolute Gasteiger partial charge is 0.490 e. The molecule has 19 heavy (non-hydrogen) atoms. The summed E-state index contributed by atoms with van der Waals surface area (Å²) in [6, 6.07) is 0. The van der Waals surface area contributed by atoms with Gasteiger partial charge in [0.1, 0.15) is 6.33 Å². The van der Waals surface area contributed by atoms with Crippen molar-refractivity contribution in [1.82, 2.24) is 19.9 Å². The van der Waals surface area contributed by atoms with E-state index in [-0.39, 0.29) is 0 Å². The minimum Gasteiger partial charge on any atom is -0.490 e. The molecule has 1 saturated heterocycles. The molecule has 0 aromatic carbocycles. The molecule has 0 unspecified atom stereocenters. The number of methoxy groups -OCH3 is 1. The Kier molecular flexibility index (Phi) is 4.75. The lowest BCUT2D eigenvalue weighted by molar-refractivity contribution is 0.178. The highest BCUT2D eigenvalue weighted by atomic mass is 16.5. The predicted molar refractivity (Wildman–Crippen MR) is 75.4 cm³/mol. The Morgan fingerprint density at radius 1 is 1.21 bits per heavy atom. The highest BCUT2D eigenvalue weighted by Gasteiger charge is 2.17. The molecule has 106 valence electrons. The summed E-state index contributed by atoms with van der Waals surface area (Å²) in [4.78, 5) is 10.8. The van der Waals surface area contributed by atoms with Gasteiger partial charge in [-0.25, -0.2) is 15.0 Å². The fraction of sp³-hybridized carbons (Fsp3) is 0.667. The number of ether oxygens (including phenoxy) is 1. The molecular formula is C12H22N6O. The van der Waals surface area contributed by atoms with E-state index in [4.69, 9.17) is 4.74 Å². The smallest absolute Gasteiger partial charge is 0.205 e. The molecule has 7 nitrogen and oxygen atoms in total. The number of nitrogens with one attached hydrogen (secondary N) is 2. The van der Waals surface area contributed by atoms with Gasteiger partial charge in [-0.2, -0.15) is 0 Å². The van der Waals surface area contributed by atoms with Crippen molar-refractivity contribution in [3.8, 4) is 5.75 Å². The monoisotopic (exact) mass is 266 g/mol. The van der Waals surface area contributed by atoms with Crippen LogP contribution in [-0.2, 0) is 0 Å². The van der Waals surface area contributed by atoms with Crippen molar-refractivity contribution in [1.29, 1.82) is 0 Å². The van der Waals surface area contributed by atoms with Gasteiger partial charge < -0.3 is 15.0 Å². The van der Waals surface area contributed by atoms with Crippen LogP contribution in [0.15, 0.2) is 6.33 Å². The Bertz CT molecular complexity index is 405. The highest BCUT2D eigenvalue weighted by Crippen LogP contribution is 2.29. The number of likely N-dealkylation sites (N-methyl/N-ethyl adjacent to an activating group) is 1. The molecule has 1 aromatic rings. The highest BCUT2D eigenvalue weighted by molar-refractivity contribution is 5.63. The molecule has 0 atom stereocenters. The molecule has 2 N–H and O–H groups in total. The molecule has 1 aromatic heterocycles. The van der Waals surface area contributed by atoms with E-state index < -0.39 is 0 Å². The summed E-state index contributed by atoms with van der Waals surface area (Å²) in [6.45, 7) is 6.82. The maximum absolute atomic E-state index is 5.40. The standard InChI is InChI=1S/C12H22N6O/c1-4-13-11-10(19-3)12(15-9-14-11)16-18-7-5-17(2)6-8-18/h9H,4-8H2,1-3H3,(H2,13,14,15,16). The van der Waals surface area contributed by atoms with Crippen LogP contribution in [0.25, 0.3) is 0 Å². The van der Waals surface area contributed by atoms with Crippen LogP contribution in [0.5, 0.6) is 5.75 Å². The molecule has 2 heterocycles. The molecule has 0 spiro atoms. The number of hydrogen-bond acceptors (Lipinski definition) is 7. The van der Waals surface area contributed by atoms with E-state index in [0.717, 1.165) is 38.5 Å². The molecule has 0 saturated carbocycles. The minimum atomic E-state index is 0.656. The molecule has 0 amide bonds. The van der Waals surface area contributed by atoms with Crippen molar-refractivity contribution in [2.75, 3.05) is 57.6 Å². The number of rotatable bonds is 5. The Labute approximate surface area is 113 Å².